The predicted octanol–water partition coefficient (Wildman–Crippen LogP) is 0.869. The largest absolute Gasteiger partial charge is 0.463 e. The Morgan fingerprint density at radius 2 is 2.10 bits per heavy atom. The lowest BCUT2D eigenvalue weighted by atomic mass is 10.2. The predicted molar refractivity (Wildman–Crippen MR) is 100 cm³/mol. The van der Waals surface area contributed by atoms with Crippen LogP contribution in [0.15, 0.2) is 26.4 Å². The molecular formula is C17H18BrN3O8. The second-order valence-electron chi connectivity index (χ2n) is 6.34. The number of aromatic amines is 1. The van der Waals surface area contributed by atoms with Crippen LogP contribution in [0.2, 0.25) is 0 Å². The summed E-state index contributed by atoms with van der Waals surface area (Å²) in [5.41, 5.74) is -0.980. The molecule has 1 aliphatic heterocycles. The maximum Gasteiger partial charge on any atom is 0.330 e. The van der Waals surface area contributed by atoms with Gasteiger partial charge in [0, 0.05) is 32.5 Å². The molecule has 0 unspecified atom stereocenters. The number of alkyl halides is 1. The number of rotatable bonds is 6. The molecule has 2 aromatic rings. The Kier molecular flexibility index (Phi) is 6.33. The third-order valence-electron chi connectivity index (χ3n) is 4.19. The summed E-state index contributed by atoms with van der Waals surface area (Å²) in [6.07, 6.45) is -0.915. The summed E-state index contributed by atoms with van der Waals surface area (Å²) in [6, 6.07) is 1.56. The number of halogens is 1. The molecule has 2 aromatic heterocycles. The van der Waals surface area contributed by atoms with Crippen molar-refractivity contribution in [2.75, 3.05) is 6.61 Å². The van der Waals surface area contributed by atoms with Gasteiger partial charge in [0.1, 0.15) is 36.5 Å². The van der Waals surface area contributed by atoms with Crippen molar-refractivity contribution in [1.82, 2.24) is 14.7 Å². The molecule has 0 saturated carbocycles. The molecule has 29 heavy (non-hydrogen) atoms. The van der Waals surface area contributed by atoms with E-state index in [1.54, 1.807) is 6.07 Å². The molecule has 12 heteroatoms. The number of ether oxygens (including phenoxy) is 3. The second kappa shape index (κ2) is 8.74. The zero-order valence-electron chi connectivity index (χ0n) is 15.5. The molecule has 3 heterocycles. The van der Waals surface area contributed by atoms with Gasteiger partial charge < -0.3 is 18.7 Å². The average Bonchev–Trinajstić information content (AvgIpc) is 3.26. The van der Waals surface area contributed by atoms with Gasteiger partial charge in [-0.3, -0.25) is 23.9 Å². The molecule has 156 valence electrons. The van der Waals surface area contributed by atoms with Crippen LogP contribution >= 0.6 is 15.9 Å². The summed E-state index contributed by atoms with van der Waals surface area (Å²) in [5.74, 6) is -0.548. The average molecular weight is 472 g/mol. The van der Waals surface area contributed by atoms with Crippen molar-refractivity contribution in [2.45, 2.75) is 44.0 Å². The summed E-state index contributed by atoms with van der Waals surface area (Å²) < 4.78 is 22.2. The lowest BCUT2D eigenvalue weighted by Gasteiger charge is -2.17. The van der Waals surface area contributed by atoms with E-state index in [1.165, 1.54) is 24.6 Å². The Labute approximate surface area is 172 Å². The Morgan fingerprint density at radius 1 is 1.34 bits per heavy atom. The third-order valence-corrected chi connectivity index (χ3v) is 4.75. The van der Waals surface area contributed by atoms with Crippen LogP contribution in [-0.4, -0.2) is 45.5 Å². The van der Waals surface area contributed by atoms with E-state index in [0.717, 1.165) is 0 Å². The van der Waals surface area contributed by atoms with Gasteiger partial charge in [-0.2, -0.15) is 0 Å². The minimum absolute atomic E-state index is 0.108. The first kappa shape index (κ1) is 21.0. The van der Waals surface area contributed by atoms with Crippen LogP contribution in [0.5, 0.6) is 0 Å². The van der Waals surface area contributed by atoms with Crippen LogP contribution in [0.25, 0.3) is 11.3 Å². The van der Waals surface area contributed by atoms with E-state index in [-0.39, 0.29) is 24.3 Å². The van der Waals surface area contributed by atoms with Crippen molar-refractivity contribution in [3.05, 3.63) is 38.9 Å². The minimum Gasteiger partial charge on any atom is -0.463 e. The van der Waals surface area contributed by atoms with E-state index in [4.69, 9.17) is 18.7 Å². The molecule has 0 radical (unpaired) electrons. The van der Waals surface area contributed by atoms with E-state index < -0.39 is 41.6 Å². The summed E-state index contributed by atoms with van der Waals surface area (Å²) in [5, 5.41) is 4.23. The summed E-state index contributed by atoms with van der Waals surface area (Å²) in [4.78, 5) is 49.3. The SMILES string of the molecule is CC(=O)OC[C@H]1O[C@@H](n2cc(-c3cc(CBr)on3)c(=O)[nH]c2=O)C[C@@H]1OC(C)=O. The number of nitrogens with one attached hydrogen (secondary N) is 1. The number of carbonyl (C=O) groups is 2. The van der Waals surface area contributed by atoms with Gasteiger partial charge >= 0.3 is 17.6 Å². The zero-order valence-corrected chi connectivity index (χ0v) is 17.1. The van der Waals surface area contributed by atoms with Crippen LogP contribution < -0.4 is 11.2 Å². The first-order valence-electron chi connectivity index (χ1n) is 8.62. The Balaban J connectivity index is 1.91. The molecule has 0 aliphatic carbocycles. The summed E-state index contributed by atoms with van der Waals surface area (Å²) in [6.45, 7) is 2.34. The standard InChI is InChI=1S/C17H18BrN3O8/c1-8(22)26-7-14-13(27-9(2)23)4-15(28-14)21-6-11(16(24)19-17(21)25)12-3-10(5-18)29-20-12/h3,6,13-15H,4-5,7H2,1-2H3,(H,19,24,25)/t13-,14+,15+/m0/s1. The first-order chi connectivity index (χ1) is 13.8. The zero-order chi connectivity index (χ0) is 21.1. The molecule has 3 rings (SSSR count). The fraction of sp³-hybridized carbons (Fsp3) is 0.471. The van der Waals surface area contributed by atoms with Crippen molar-refractivity contribution >= 4 is 27.9 Å². The smallest absolute Gasteiger partial charge is 0.330 e. The molecule has 0 aromatic carbocycles. The number of carbonyl (C=O) groups excluding carboxylic acids is 2. The molecule has 0 spiro atoms. The third kappa shape index (κ3) is 4.82. The van der Waals surface area contributed by atoms with Crippen molar-refractivity contribution in [1.29, 1.82) is 0 Å². The van der Waals surface area contributed by atoms with E-state index in [0.29, 0.717) is 11.1 Å². The fourth-order valence-electron chi connectivity index (χ4n) is 2.94. The topological polar surface area (TPSA) is 143 Å². The van der Waals surface area contributed by atoms with Crippen LogP contribution in [-0.2, 0) is 29.1 Å². The highest BCUT2D eigenvalue weighted by molar-refractivity contribution is 9.08. The highest BCUT2D eigenvalue weighted by Gasteiger charge is 2.39. The fourth-order valence-corrected chi connectivity index (χ4v) is 3.21. The molecule has 1 fully saturated rings. The van der Waals surface area contributed by atoms with Gasteiger partial charge in [-0.15, -0.1) is 0 Å². The lowest BCUT2D eigenvalue weighted by molar-refractivity contribution is -0.155. The number of aromatic nitrogens is 3. The van der Waals surface area contributed by atoms with E-state index in [1.807, 2.05) is 0 Å². The van der Waals surface area contributed by atoms with Crippen LogP contribution in [0.4, 0.5) is 0 Å². The molecule has 0 amide bonds. The highest BCUT2D eigenvalue weighted by Crippen LogP contribution is 2.31. The first-order valence-corrected chi connectivity index (χ1v) is 9.74. The van der Waals surface area contributed by atoms with Gasteiger partial charge in [-0.25, -0.2) is 4.79 Å². The monoisotopic (exact) mass is 471 g/mol. The van der Waals surface area contributed by atoms with E-state index in [2.05, 4.69) is 26.1 Å². The van der Waals surface area contributed by atoms with Crippen molar-refractivity contribution < 1.29 is 28.3 Å². The highest BCUT2D eigenvalue weighted by atomic mass is 79.9. The molecule has 11 nitrogen and oxygen atoms in total. The van der Waals surface area contributed by atoms with Crippen molar-refractivity contribution in [3.63, 3.8) is 0 Å². The number of esters is 2. The lowest BCUT2D eigenvalue weighted by Crippen LogP contribution is -2.33. The maximum atomic E-state index is 12.4. The Bertz CT molecular complexity index is 1030. The Morgan fingerprint density at radius 3 is 2.72 bits per heavy atom. The van der Waals surface area contributed by atoms with Gasteiger partial charge in [0.05, 0.1) is 10.9 Å². The van der Waals surface area contributed by atoms with Crippen LogP contribution in [0.1, 0.15) is 32.3 Å². The normalized spacial score (nSPS) is 21.1. The number of nitrogens with zero attached hydrogens (tertiary/aromatic N) is 2. The molecule has 0 bridgehead atoms. The maximum absolute atomic E-state index is 12.4. The summed E-state index contributed by atoms with van der Waals surface area (Å²) >= 11 is 3.23. The van der Waals surface area contributed by atoms with Gasteiger partial charge in [0.15, 0.2) is 0 Å². The second-order valence-corrected chi connectivity index (χ2v) is 6.90. The van der Waals surface area contributed by atoms with E-state index >= 15 is 0 Å². The molecule has 1 N–H and O–H groups in total. The number of hydrogen-bond acceptors (Lipinski definition) is 9. The molecule has 1 aliphatic rings. The van der Waals surface area contributed by atoms with Gasteiger partial charge in [-0.1, -0.05) is 21.1 Å². The van der Waals surface area contributed by atoms with Crippen molar-refractivity contribution in [3.8, 4) is 11.3 Å². The van der Waals surface area contributed by atoms with Crippen LogP contribution in [0, 0.1) is 0 Å². The van der Waals surface area contributed by atoms with E-state index in [9.17, 15) is 19.2 Å². The van der Waals surface area contributed by atoms with Crippen LogP contribution in [0.3, 0.4) is 0 Å². The quantitative estimate of drug-likeness (QED) is 0.479. The number of H-pyrrole nitrogens is 1. The molecular weight excluding hydrogens is 454 g/mol. The van der Waals surface area contributed by atoms with Gasteiger partial charge in [-0.05, 0) is 0 Å². The minimum atomic E-state index is -0.856. The summed E-state index contributed by atoms with van der Waals surface area (Å²) in [7, 11) is 0. The molecule has 1 saturated heterocycles. The van der Waals surface area contributed by atoms with Gasteiger partial charge in [0.2, 0.25) is 0 Å². The molecule has 3 atom stereocenters. The number of hydrogen-bond donors (Lipinski definition) is 1. The Hall–Kier alpha value is -2.73. The van der Waals surface area contributed by atoms with Crippen molar-refractivity contribution in [2.24, 2.45) is 0 Å². The van der Waals surface area contributed by atoms with Gasteiger partial charge in [0.25, 0.3) is 5.56 Å².